The molecule has 0 saturated heterocycles. The topological polar surface area (TPSA) is 15.3 Å². The fourth-order valence-electron chi connectivity index (χ4n) is 3.60. The van der Waals surface area contributed by atoms with E-state index in [0.29, 0.717) is 0 Å². The molecular formula is C19H22N2. The second-order valence-electron chi connectivity index (χ2n) is 6.25. The molecule has 0 aromatic heterocycles. The van der Waals surface area contributed by atoms with Gasteiger partial charge in [0.15, 0.2) is 0 Å². The van der Waals surface area contributed by atoms with E-state index in [0.717, 1.165) is 19.6 Å². The number of hydrogen-bond donors (Lipinski definition) is 1. The van der Waals surface area contributed by atoms with Crippen LogP contribution in [0.15, 0.2) is 42.5 Å². The molecule has 2 aromatic carbocycles. The van der Waals surface area contributed by atoms with Crippen molar-refractivity contribution in [3.63, 3.8) is 0 Å². The Hall–Kier alpha value is -1.80. The highest BCUT2D eigenvalue weighted by molar-refractivity contribution is 5.57. The average Bonchev–Trinajstić information content (AvgIpc) is 2.87. The molecule has 4 rings (SSSR count). The molecule has 0 bridgehead atoms. The Balaban J connectivity index is 1.52. The van der Waals surface area contributed by atoms with E-state index in [2.05, 4.69) is 52.7 Å². The van der Waals surface area contributed by atoms with E-state index >= 15 is 0 Å². The molecule has 0 fully saturated rings. The van der Waals surface area contributed by atoms with Gasteiger partial charge in [0.05, 0.1) is 0 Å². The Bertz CT molecular complexity index is 648. The highest BCUT2D eigenvalue weighted by Crippen LogP contribution is 2.25. The maximum absolute atomic E-state index is 3.49. The van der Waals surface area contributed by atoms with Gasteiger partial charge in [0, 0.05) is 25.3 Å². The predicted octanol–water partition coefficient (Wildman–Crippen LogP) is 3.60. The Morgan fingerprint density at radius 1 is 0.952 bits per heavy atom. The van der Waals surface area contributed by atoms with Crippen LogP contribution in [0.4, 0.5) is 5.69 Å². The largest absolute Gasteiger partial charge is 0.384 e. The first-order valence-corrected chi connectivity index (χ1v) is 8.03. The summed E-state index contributed by atoms with van der Waals surface area (Å²) in [7, 11) is 0. The van der Waals surface area contributed by atoms with Gasteiger partial charge >= 0.3 is 0 Å². The van der Waals surface area contributed by atoms with Gasteiger partial charge in [-0.2, -0.15) is 0 Å². The summed E-state index contributed by atoms with van der Waals surface area (Å²) >= 11 is 0. The van der Waals surface area contributed by atoms with Gasteiger partial charge in [0.25, 0.3) is 0 Å². The smallest absolute Gasteiger partial charge is 0.0376 e. The van der Waals surface area contributed by atoms with Crippen LogP contribution in [0, 0.1) is 0 Å². The number of benzene rings is 2. The van der Waals surface area contributed by atoms with Crippen LogP contribution in [0.1, 0.15) is 28.7 Å². The second-order valence-corrected chi connectivity index (χ2v) is 6.25. The molecule has 21 heavy (non-hydrogen) atoms. The number of hydrogen-bond acceptors (Lipinski definition) is 2. The molecule has 1 N–H and O–H groups in total. The highest BCUT2D eigenvalue weighted by Gasteiger charge is 2.15. The lowest BCUT2D eigenvalue weighted by atomic mass is 10.0. The Morgan fingerprint density at radius 3 is 2.81 bits per heavy atom. The molecule has 0 amide bonds. The number of nitrogens with one attached hydrogen (secondary N) is 1. The zero-order valence-electron chi connectivity index (χ0n) is 12.4. The summed E-state index contributed by atoms with van der Waals surface area (Å²) in [6.07, 6.45) is 3.66. The minimum atomic E-state index is 1.06. The van der Waals surface area contributed by atoms with Gasteiger partial charge in [-0.25, -0.2) is 0 Å². The van der Waals surface area contributed by atoms with Crippen LogP contribution in [0.5, 0.6) is 0 Å². The Labute approximate surface area is 126 Å². The average molecular weight is 278 g/mol. The lowest BCUT2D eigenvalue weighted by Gasteiger charge is -2.21. The molecule has 2 heteroatoms. The van der Waals surface area contributed by atoms with E-state index in [1.54, 1.807) is 0 Å². The normalized spacial score (nSPS) is 17.7. The van der Waals surface area contributed by atoms with Gasteiger partial charge < -0.3 is 5.32 Å². The fraction of sp³-hybridized carbons (Fsp3) is 0.368. The number of fused-ring (bicyclic) bond motifs is 2. The van der Waals surface area contributed by atoms with Crippen molar-refractivity contribution < 1.29 is 0 Å². The van der Waals surface area contributed by atoms with E-state index in [1.165, 1.54) is 53.7 Å². The molecule has 0 atom stereocenters. The molecule has 2 aromatic rings. The van der Waals surface area contributed by atoms with Crippen LogP contribution >= 0.6 is 0 Å². The highest BCUT2D eigenvalue weighted by atomic mass is 15.1. The second kappa shape index (κ2) is 5.53. The van der Waals surface area contributed by atoms with Crippen molar-refractivity contribution >= 4 is 5.69 Å². The van der Waals surface area contributed by atoms with E-state index in [1.807, 2.05) is 0 Å². The third kappa shape index (κ3) is 2.68. The van der Waals surface area contributed by atoms with Gasteiger partial charge in [-0.1, -0.05) is 36.4 Å². The third-order valence-electron chi connectivity index (χ3n) is 4.72. The van der Waals surface area contributed by atoms with Crippen molar-refractivity contribution in [2.45, 2.75) is 32.4 Å². The number of rotatable bonds is 2. The van der Waals surface area contributed by atoms with Crippen molar-refractivity contribution in [3.05, 3.63) is 64.7 Å². The zero-order chi connectivity index (χ0) is 14.1. The molecule has 2 aliphatic rings. The molecule has 0 saturated carbocycles. The molecule has 0 radical (unpaired) electrons. The van der Waals surface area contributed by atoms with E-state index in [-0.39, 0.29) is 0 Å². The van der Waals surface area contributed by atoms with Crippen LogP contribution in [0.3, 0.4) is 0 Å². The van der Waals surface area contributed by atoms with Gasteiger partial charge in [-0.05, 0) is 54.1 Å². The van der Waals surface area contributed by atoms with Gasteiger partial charge in [0.2, 0.25) is 0 Å². The monoisotopic (exact) mass is 278 g/mol. The summed E-state index contributed by atoms with van der Waals surface area (Å²) in [5, 5.41) is 3.49. The van der Waals surface area contributed by atoms with Crippen LogP contribution in [0.2, 0.25) is 0 Å². The molecule has 0 unspecified atom stereocenters. The summed E-state index contributed by atoms with van der Waals surface area (Å²) in [5.74, 6) is 0. The first kappa shape index (κ1) is 12.9. The van der Waals surface area contributed by atoms with Crippen molar-refractivity contribution in [2.24, 2.45) is 0 Å². The number of nitrogens with zero attached hydrogens (tertiary/aromatic N) is 1. The summed E-state index contributed by atoms with van der Waals surface area (Å²) in [6, 6.07) is 15.9. The summed E-state index contributed by atoms with van der Waals surface area (Å²) in [6.45, 7) is 4.43. The third-order valence-corrected chi connectivity index (χ3v) is 4.72. The Morgan fingerprint density at radius 2 is 1.86 bits per heavy atom. The number of anilines is 1. The fourth-order valence-corrected chi connectivity index (χ4v) is 3.60. The Kier molecular flexibility index (Phi) is 3.40. The van der Waals surface area contributed by atoms with E-state index in [4.69, 9.17) is 0 Å². The first-order chi connectivity index (χ1) is 10.4. The molecule has 2 heterocycles. The maximum Gasteiger partial charge on any atom is 0.0376 e. The summed E-state index contributed by atoms with van der Waals surface area (Å²) in [5.41, 5.74) is 7.30. The van der Waals surface area contributed by atoms with Gasteiger partial charge in [-0.3, -0.25) is 4.90 Å². The first-order valence-electron chi connectivity index (χ1n) is 8.03. The molecule has 0 spiro atoms. The van der Waals surface area contributed by atoms with Crippen molar-refractivity contribution in [1.29, 1.82) is 0 Å². The minimum absolute atomic E-state index is 1.06. The van der Waals surface area contributed by atoms with Crippen molar-refractivity contribution in [3.8, 4) is 0 Å². The van der Waals surface area contributed by atoms with Crippen LogP contribution < -0.4 is 5.32 Å². The standard InChI is InChI=1S/C19H22N2/c1-2-5-18-14-21(11-3-6-16(18)4-1)13-15-7-8-17-9-10-20-19(17)12-15/h1-2,4-5,7-8,12,20H,3,6,9-11,13-14H2. The predicted molar refractivity (Wildman–Crippen MR) is 87.5 cm³/mol. The summed E-state index contributed by atoms with van der Waals surface area (Å²) < 4.78 is 0. The van der Waals surface area contributed by atoms with Crippen molar-refractivity contribution in [2.75, 3.05) is 18.4 Å². The van der Waals surface area contributed by atoms with E-state index in [9.17, 15) is 0 Å². The summed E-state index contributed by atoms with van der Waals surface area (Å²) in [4.78, 5) is 2.59. The molecule has 2 aliphatic heterocycles. The lowest BCUT2D eigenvalue weighted by Crippen LogP contribution is -2.22. The zero-order valence-corrected chi connectivity index (χ0v) is 12.4. The maximum atomic E-state index is 3.49. The minimum Gasteiger partial charge on any atom is -0.384 e. The van der Waals surface area contributed by atoms with Gasteiger partial charge in [0.1, 0.15) is 0 Å². The quantitative estimate of drug-likeness (QED) is 0.903. The number of aryl methyl sites for hydroxylation is 1. The molecular weight excluding hydrogens is 256 g/mol. The molecule has 2 nitrogen and oxygen atoms in total. The molecule has 0 aliphatic carbocycles. The van der Waals surface area contributed by atoms with Gasteiger partial charge in [-0.15, -0.1) is 0 Å². The SMILES string of the molecule is c1ccc2c(c1)CCCN(Cc1ccc3c(c1)NCC3)C2. The van der Waals surface area contributed by atoms with E-state index < -0.39 is 0 Å². The van der Waals surface area contributed by atoms with Crippen LogP contribution in [-0.4, -0.2) is 18.0 Å². The van der Waals surface area contributed by atoms with Crippen molar-refractivity contribution in [1.82, 2.24) is 4.90 Å². The lowest BCUT2D eigenvalue weighted by molar-refractivity contribution is 0.261. The van der Waals surface area contributed by atoms with Crippen LogP contribution in [-0.2, 0) is 25.9 Å². The van der Waals surface area contributed by atoms with Crippen LogP contribution in [0.25, 0.3) is 0 Å². The molecule has 108 valence electrons.